The highest BCUT2D eigenvalue weighted by atomic mass is 28.3. The van der Waals surface area contributed by atoms with E-state index >= 15 is 0 Å². The fraction of sp³-hybridized carbons (Fsp3) is 0.368. The van der Waals surface area contributed by atoms with E-state index in [1.165, 1.54) is 0 Å². The zero-order chi connectivity index (χ0) is 14.5. The predicted molar refractivity (Wildman–Crippen MR) is 91.0 cm³/mol. The molecule has 2 aromatic carbocycles. The number of hydrogen-bond donors (Lipinski definition) is 0. The Morgan fingerprint density at radius 2 is 1.20 bits per heavy atom. The van der Waals surface area contributed by atoms with E-state index in [1.54, 1.807) is 21.5 Å². The molecule has 0 saturated carbocycles. The molecule has 0 bridgehead atoms. The summed E-state index contributed by atoms with van der Waals surface area (Å²) in [5, 5.41) is 3.28. The maximum absolute atomic E-state index is 2.55. The maximum Gasteiger partial charge on any atom is 0.118 e. The average Bonchev–Trinajstić information content (AvgIpc) is 2.45. The summed E-state index contributed by atoms with van der Waals surface area (Å²) in [6, 6.07) is 18.3. The van der Waals surface area contributed by atoms with Crippen LogP contribution in [0, 0.1) is 0 Å². The van der Waals surface area contributed by atoms with Crippen LogP contribution in [0.2, 0.25) is 12.1 Å². The molecular weight excluding hydrogens is 256 g/mol. The van der Waals surface area contributed by atoms with Crippen LogP contribution in [0.25, 0.3) is 0 Å². The number of fused-ring (bicyclic) bond motifs is 2. The quantitative estimate of drug-likeness (QED) is 0.694. The Kier molecular flexibility index (Phi) is 2.95. The van der Waals surface area contributed by atoms with Gasteiger partial charge in [-0.25, -0.2) is 0 Å². The smallest absolute Gasteiger partial charge is 0.0646 e. The summed E-state index contributed by atoms with van der Waals surface area (Å²) in [7, 11) is -1.64. The highest BCUT2D eigenvalue weighted by molar-refractivity contribution is 7.03. The van der Waals surface area contributed by atoms with E-state index in [1.807, 2.05) is 0 Å². The molecule has 1 heteroatoms. The predicted octanol–water partition coefficient (Wildman–Crippen LogP) is 3.93. The van der Waals surface area contributed by atoms with Crippen molar-refractivity contribution in [3.8, 4) is 0 Å². The summed E-state index contributed by atoms with van der Waals surface area (Å²) in [4.78, 5) is 0. The maximum atomic E-state index is 2.55. The molecule has 0 atom stereocenters. The molecule has 0 nitrogen and oxygen atoms in total. The van der Waals surface area contributed by atoms with Gasteiger partial charge in [0.05, 0.1) is 0 Å². The van der Waals surface area contributed by atoms with Crippen LogP contribution >= 0.6 is 0 Å². The number of hydrogen-bond acceptors (Lipinski definition) is 0. The Bertz CT molecular complexity index is 603. The molecule has 0 spiro atoms. The van der Waals surface area contributed by atoms with Gasteiger partial charge in [0, 0.05) is 5.41 Å². The van der Waals surface area contributed by atoms with Crippen molar-refractivity contribution in [2.45, 2.75) is 45.2 Å². The molecule has 0 N–H and O–H groups in total. The lowest BCUT2D eigenvalue weighted by Crippen LogP contribution is -2.65. The fourth-order valence-corrected chi connectivity index (χ4v) is 8.20. The van der Waals surface area contributed by atoms with Crippen molar-refractivity contribution < 1.29 is 0 Å². The van der Waals surface area contributed by atoms with Gasteiger partial charge in [-0.1, -0.05) is 93.1 Å². The molecule has 0 fully saturated rings. The molecule has 20 heavy (non-hydrogen) atoms. The molecule has 0 aliphatic carbocycles. The first kappa shape index (κ1) is 13.6. The second kappa shape index (κ2) is 4.32. The van der Waals surface area contributed by atoms with E-state index in [4.69, 9.17) is 0 Å². The van der Waals surface area contributed by atoms with Crippen molar-refractivity contribution in [1.82, 2.24) is 0 Å². The van der Waals surface area contributed by atoms with Crippen molar-refractivity contribution >= 4 is 18.4 Å². The minimum absolute atomic E-state index is 0.120. The van der Waals surface area contributed by atoms with Gasteiger partial charge in [-0.05, 0) is 16.7 Å². The average molecular weight is 280 g/mol. The second-order valence-corrected chi connectivity index (χ2v) is 11.7. The van der Waals surface area contributed by atoms with Crippen molar-refractivity contribution in [2.24, 2.45) is 0 Å². The molecule has 3 rings (SSSR count). The van der Waals surface area contributed by atoms with Crippen LogP contribution in [0.5, 0.6) is 0 Å². The highest BCUT2D eigenvalue weighted by Gasteiger charge is 2.46. The van der Waals surface area contributed by atoms with Gasteiger partial charge in [-0.2, -0.15) is 0 Å². The third-order valence-electron chi connectivity index (χ3n) is 5.47. The first-order chi connectivity index (χ1) is 9.40. The van der Waals surface area contributed by atoms with E-state index < -0.39 is 8.07 Å². The Balaban J connectivity index is 2.42. The van der Waals surface area contributed by atoms with Crippen LogP contribution in [0.15, 0.2) is 48.5 Å². The Hall–Kier alpha value is -1.34. The Morgan fingerprint density at radius 1 is 0.800 bits per heavy atom. The molecule has 1 heterocycles. The van der Waals surface area contributed by atoms with Crippen LogP contribution in [-0.2, 0) is 5.41 Å². The van der Waals surface area contributed by atoms with E-state index in [9.17, 15) is 0 Å². The lowest BCUT2D eigenvalue weighted by Gasteiger charge is -2.46. The third-order valence-corrected chi connectivity index (χ3v) is 10.9. The topological polar surface area (TPSA) is 0 Å². The highest BCUT2D eigenvalue weighted by Crippen LogP contribution is 2.38. The zero-order valence-corrected chi connectivity index (χ0v) is 14.2. The summed E-state index contributed by atoms with van der Waals surface area (Å²) in [6.45, 7) is 12.1. The lowest BCUT2D eigenvalue weighted by molar-refractivity contribution is 0.643. The molecule has 0 saturated heterocycles. The van der Waals surface area contributed by atoms with Gasteiger partial charge >= 0.3 is 0 Å². The molecular formula is C19H24Si. The summed E-state index contributed by atoms with van der Waals surface area (Å²) < 4.78 is 0. The monoisotopic (exact) mass is 280 g/mol. The van der Waals surface area contributed by atoms with Gasteiger partial charge in [-0.15, -0.1) is 0 Å². The van der Waals surface area contributed by atoms with E-state index in [0.29, 0.717) is 5.54 Å². The Labute approximate surface area is 123 Å². The molecule has 1 aliphatic rings. The number of rotatable bonds is 1. The van der Waals surface area contributed by atoms with Gasteiger partial charge in [0.15, 0.2) is 0 Å². The SMILES string of the molecule is CC(C)[Si]1(C)c2ccccc2C(C)(C)c2ccccc21. The van der Waals surface area contributed by atoms with Crippen LogP contribution < -0.4 is 10.4 Å². The van der Waals surface area contributed by atoms with Gasteiger partial charge in [-0.3, -0.25) is 0 Å². The fourth-order valence-electron chi connectivity index (χ4n) is 3.87. The molecule has 1 aliphatic heterocycles. The normalized spacial score (nSPS) is 18.5. The van der Waals surface area contributed by atoms with Gasteiger partial charge in [0.2, 0.25) is 0 Å². The number of benzene rings is 2. The van der Waals surface area contributed by atoms with Crippen molar-refractivity contribution in [3.63, 3.8) is 0 Å². The molecule has 0 amide bonds. The largest absolute Gasteiger partial charge is 0.118 e. The van der Waals surface area contributed by atoms with Crippen molar-refractivity contribution in [2.75, 3.05) is 0 Å². The van der Waals surface area contributed by atoms with Gasteiger partial charge in [0.25, 0.3) is 0 Å². The van der Waals surface area contributed by atoms with Gasteiger partial charge in [0.1, 0.15) is 8.07 Å². The molecule has 0 unspecified atom stereocenters. The summed E-state index contributed by atoms with van der Waals surface area (Å²) >= 11 is 0. The Morgan fingerprint density at radius 3 is 1.60 bits per heavy atom. The molecule has 0 aromatic heterocycles. The molecule has 104 valence electrons. The summed E-state index contributed by atoms with van der Waals surface area (Å²) in [6.07, 6.45) is 0. The lowest BCUT2D eigenvalue weighted by atomic mass is 9.77. The van der Waals surface area contributed by atoms with E-state index in [-0.39, 0.29) is 5.41 Å². The standard InChI is InChI=1S/C19H24Si/c1-14(2)20(5)17-12-8-6-10-15(17)19(3,4)16-11-7-9-13-18(16)20/h6-14H,1-5H3. The third kappa shape index (κ3) is 1.59. The van der Waals surface area contributed by atoms with Crippen molar-refractivity contribution in [1.29, 1.82) is 0 Å². The van der Waals surface area contributed by atoms with Crippen LogP contribution in [0.3, 0.4) is 0 Å². The first-order valence-electron chi connectivity index (χ1n) is 7.60. The van der Waals surface area contributed by atoms with E-state index in [2.05, 4.69) is 82.8 Å². The molecule has 2 aromatic rings. The zero-order valence-electron chi connectivity index (χ0n) is 13.2. The van der Waals surface area contributed by atoms with E-state index in [0.717, 1.165) is 0 Å². The molecule has 0 radical (unpaired) electrons. The minimum atomic E-state index is -1.64. The van der Waals surface area contributed by atoms with Crippen molar-refractivity contribution in [3.05, 3.63) is 59.7 Å². The van der Waals surface area contributed by atoms with Crippen LogP contribution in [0.1, 0.15) is 38.8 Å². The minimum Gasteiger partial charge on any atom is -0.0646 e. The second-order valence-electron chi connectivity index (χ2n) is 7.07. The first-order valence-corrected chi connectivity index (χ1v) is 10.2. The summed E-state index contributed by atoms with van der Waals surface area (Å²) in [5.41, 5.74) is 3.92. The van der Waals surface area contributed by atoms with Crippen LogP contribution in [-0.4, -0.2) is 8.07 Å². The van der Waals surface area contributed by atoms with Gasteiger partial charge < -0.3 is 0 Å². The summed E-state index contributed by atoms with van der Waals surface area (Å²) in [5.74, 6) is 0. The van der Waals surface area contributed by atoms with Crippen LogP contribution in [0.4, 0.5) is 0 Å².